The van der Waals surface area contributed by atoms with Gasteiger partial charge in [0.15, 0.2) is 11.5 Å². The molecule has 27 heavy (non-hydrogen) atoms. The first kappa shape index (κ1) is 17.6. The van der Waals surface area contributed by atoms with Crippen LogP contribution in [0.2, 0.25) is 0 Å². The second kappa shape index (κ2) is 7.86. The maximum absolute atomic E-state index is 5.48. The lowest BCUT2D eigenvalue weighted by Crippen LogP contribution is -2.19. The monoisotopic (exact) mass is 366 g/mol. The largest absolute Gasteiger partial charge is 0.493 e. The first-order valence-electron chi connectivity index (χ1n) is 9.62. The maximum atomic E-state index is 5.48. The van der Waals surface area contributed by atoms with Gasteiger partial charge in [-0.2, -0.15) is 0 Å². The van der Waals surface area contributed by atoms with E-state index >= 15 is 0 Å². The number of aromatic nitrogens is 3. The van der Waals surface area contributed by atoms with Gasteiger partial charge in [-0.25, -0.2) is 9.97 Å². The average Bonchev–Trinajstić information content (AvgIpc) is 2.88. The van der Waals surface area contributed by atoms with Gasteiger partial charge >= 0.3 is 0 Å². The fraction of sp³-hybridized carbons (Fsp3) is 0.429. The van der Waals surface area contributed by atoms with Gasteiger partial charge in [0.25, 0.3) is 0 Å². The molecule has 1 aliphatic carbocycles. The highest BCUT2D eigenvalue weighted by molar-refractivity contribution is 5.77. The third kappa shape index (κ3) is 3.56. The minimum atomic E-state index is 0.464. The lowest BCUT2D eigenvalue weighted by Gasteiger charge is -2.18. The van der Waals surface area contributed by atoms with Gasteiger partial charge in [-0.3, -0.25) is 4.40 Å². The molecule has 1 saturated carbocycles. The molecule has 1 N–H and O–H groups in total. The molecule has 0 saturated heterocycles. The Bertz CT molecular complexity index is 914. The highest BCUT2D eigenvalue weighted by Crippen LogP contribution is 2.36. The van der Waals surface area contributed by atoms with Crippen molar-refractivity contribution in [1.82, 2.24) is 14.4 Å². The highest BCUT2D eigenvalue weighted by Gasteiger charge is 2.20. The van der Waals surface area contributed by atoms with Gasteiger partial charge in [0, 0.05) is 24.0 Å². The normalized spacial score (nSPS) is 15.5. The second-order valence-electron chi connectivity index (χ2n) is 7.00. The Kier molecular flexibility index (Phi) is 5.14. The minimum absolute atomic E-state index is 0.464. The summed E-state index contributed by atoms with van der Waals surface area (Å²) in [5.41, 5.74) is 1.87. The molecule has 6 heteroatoms. The lowest BCUT2D eigenvalue weighted by molar-refractivity contribution is 0.355. The molecule has 0 bridgehead atoms. The van der Waals surface area contributed by atoms with Crippen LogP contribution in [0.1, 0.15) is 38.5 Å². The van der Waals surface area contributed by atoms with Gasteiger partial charge in [-0.05, 0) is 37.1 Å². The fourth-order valence-electron chi connectivity index (χ4n) is 3.83. The van der Waals surface area contributed by atoms with Crippen molar-refractivity contribution in [3.05, 3.63) is 36.7 Å². The summed E-state index contributed by atoms with van der Waals surface area (Å²) >= 11 is 0. The molecule has 0 amide bonds. The van der Waals surface area contributed by atoms with Crippen molar-refractivity contribution in [1.29, 1.82) is 0 Å². The number of ether oxygens (including phenoxy) is 2. The van der Waals surface area contributed by atoms with Crippen LogP contribution in [0.4, 0.5) is 5.82 Å². The topological polar surface area (TPSA) is 60.7 Å². The molecule has 2 heterocycles. The molecule has 1 aliphatic rings. The van der Waals surface area contributed by atoms with Gasteiger partial charge in [-0.15, -0.1) is 0 Å². The van der Waals surface area contributed by atoms with Crippen LogP contribution in [-0.4, -0.2) is 34.6 Å². The van der Waals surface area contributed by atoms with E-state index in [2.05, 4.69) is 10.3 Å². The zero-order valence-corrected chi connectivity index (χ0v) is 15.9. The minimum Gasteiger partial charge on any atom is -0.493 e. The number of methoxy groups -OCH3 is 2. The summed E-state index contributed by atoms with van der Waals surface area (Å²) in [4.78, 5) is 9.23. The number of anilines is 1. The lowest BCUT2D eigenvalue weighted by atomic mass is 10.1. The molecule has 0 unspecified atom stereocenters. The summed E-state index contributed by atoms with van der Waals surface area (Å²) in [6, 6.07) is 8.30. The number of rotatable bonds is 5. The first-order valence-corrected chi connectivity index (χ1v) is 9.62. The molecular weight excluding hydrogens is 340 g/mol. The van der Waals surface area contributed by atoms with Crippen molar-refractivity contribution >= 4 is 11.6 Å². The predicted molar refractivity (Wildman–Crippen MR) is 107 cm³/mol. The van der Waals surface area contributed by atoms with E-state index in [-0.39, 0.29) is 0 Å². The van der Waals surface area contributed by atoms with E-state index < -0.39 is 0 Å². The average molecular weight is 366 g/mol. The molecule has 0 spiro atoms. The van der Waals surface area contributed by atoms with E-state index in [4.69, 9.17) is 14.5 Å². The molecule has 1 fully saturated rings. The summed E-state index contributed by atoms with van der Waals surface area (Å²) < 4.78 is 12.9. The number of benzene rings is 1. The molecule has 0 atom stereocenters. The third-order valence-corrected chi connectivity index (χ3v) is 5.26. The van der Waals surface area contributed by atoms with Gasteiger partial charge in [-0.1, -0.05) is 25.7 Å². The highest BCUT2D eigenvalue weighted by atomic mass is 16.5. The first-order chi connectivity index (χ1) is 13.3. The number of nitrogens with zero attached hydrogens (tertiary/aromatic N) is 3. The predicted octanol–water partition coefficient (Wildman–Crippen LogP) is 4.55. The Morgan fingerprint density at radius 1 is 1.04 bits per heavy atom. The summed E-state index contributed by atoms with van der Waals surface area (Å²) in [6.07, 6.45) is 11.4. The summed E-state index contributed by atoms with van der Waals surface area (Å²) in [5, 5.41) is 3.77. The molecule has 0 aliphatic heterocycles. The van der Waals surface area contributed by atoms with Crippen LogP contribution in [0.3, 0.4) is 0 Å². The van der Waals surface area contributed by atoms with Crippen LogP contribution in [0, 0.1) is 0 Å². The Balaban J connectivity index is 1.78. The number of nitrogens with one attached hydrogen (secondary N) is 1. The van der Waals surface area contributed by atoms with Crippen molar-refractivity contribution in [3.8, 4) is 22.8 Å². The van der Waals surface area contributed by atoms with Crippen LogP contribution in [0.5, 0.6) is 11.5 Å². The standard InChI is InChI=1S/C21H26N4O2/c1-26-17-11-10-15(14-18(17)27-2)19-20(23-16-8-5-3-4-6-9-16)25-13-7-12-22-21(25)24-19/h7,10-14,16,23H,3-6,8-9H2,1-2H3. The molecule has 6 nitrogen and oxygen atoms in total. The number of hydrogen-bond donors (Lipinski definition) is 1. The SMILES string of the molecule is COc1ccc(-c2nc3ncccn3c2NC2CCCCCC2)cc1OC. The third-order valence-electron chi connectivity index (χ3n) is 5.26. The van der Waals surface area contributed by atoms with E-state index in [9.17, 15) is 0 Å². The number of hydrogen-bond acceptors (Lipinski definition) is 5. The van der Waals surface area contributed by atoms with E-state index in [1.165, 1.54) is 38.5 Å². The molecule has 3 aromatic rings. The van der Waals surface area contributed by atoms with Crippen molar-refractivity contribution < 1.29 is 9.47 Å². The van der Waals surface area contributed by atoms with Crippen LogP contribution < -0.4 is 14.8 Å². The van der Waals surface area contributed by atoms with E-state index in [0.717, 1.165) is 17.1 Å². The zero-order chi connectivity index (χ0) is 18.6. The Morgan fingerprint density at radius 2 is 1.81 bits per heavy atom. The molecule has 1 aromatic carbocycles. The van der Waals surface area contributed by atoms with Crippen LogP contribution >= 0.6 is 0 Å². The smallest absolute Gasteiger partial charge is 0.235 e. The molecule has 142 valence electrons. The van der Waals surface area contributed by atoms with Crippen molar-refractivity contribution in [3.63, 3.8) is 0 Å². The van der Waals surface area contributed by atoms with E-state index in [1.54, 1.807) is 20.4 Å². The van der Waals surface area contributed by atoms with Crippen LogP contribution in [0.15, 0.2) is 36.7 Å². The summed E-state index contributed by atoms with van der Waals surface area (Å²) in [6.45, 7) is 0. The van der Waals surface area contributed by atoms with Crippen LogP contribution in [-0.2, 0) is 0 Å². The van der Waals surface area contributed by atoms with Crippen molar-refractivity contribution in [2.45, 2.75) is 44.6 Å². The summed E-state index contributed by atoms with van der Waals surface area (Å²) in [5.74, 6) is 3.09. The maximum Gasteiger partial charge on any atom is 0.235 e. The number of imidazole rings is 1. The van der Waals surface area contributed by atoms with E-state index in [1.807, 2.05) is 34.9 Å². The second-order valence-corrected chi connectivity index (χ2v) is 7.00. The van der Waals surface area contributed by atoms with Gasteiger partial charge in [0.2, 0.25) is 5.78 Å². The molecular formula is C21H26N4O2. The Hall–Kier alpha value is -2.76. The number of fused-ring (bicyclic) bond motifs is 1. The fourth-order valence-corrected chi connectivity index (χ4v) is 3.83. The van der Waals surface area contributed by atoms with Gasteiger partial charge < -0.3 is 14.8 Å². The quantitative estimate of drug-likeness (QED) is 0.671. The van der Waals surface area contributed by atoms with Gasteiger partial charge in [0.05, 0.1) is 14.2 Å². The zero-order valence-electron chi connectivity index (χ0n) is 15.9. The van der Waals surface area contributed by atoms with E-state index in [0.29, 0.717) is 23.3 Å². The Morgan fingerprint density at radius 3 is 2.56 bits per heavy atom. The Labute approximate surface area is 159 Å². The molecule has 4 rings (SSSR count). The molecule has 2 aromatic heterocycles. The van der Waals surface area contributed by atoms with Gasteiger partial charge in [0.1, 0.15) is 11.5 Å². The van der Waals surface area contributed by atoms with Crippen molar-refractivity contribution in [2.75, 3.05) is 19.5 Å². The van der Waals surface area contributed by atoms with Crippen LogP contribution in [0.25, 0.3) is 17.0 Å². The van der Waals surface area contributed by atoms with Crippen molar-refractivity contribution in [2.24, 2.45) is 0 Å². The molecule has 0 radical (unpaired) electrons. The summed E-state index contributed by atoms with van der Waals surface area (Å²) in [7, 11) is 3.29.